The highest BCUT2D eigenvalue weighted by Crippen LogP contribution is 2.24. The van der Waals surface area contributed by atoms with E-state index in [9.17, 15) is 14.7 Å². The van der Waals surface area contributed by atoms with Crippen molar-refractivity contribution in [1.29, 1.82) is 0 Å². The smallest absolute Gasteiger partial charge is 0.326 e. The number of carboxylic acids is 1. The molecule has 4 rings (SSSR count). The highest BCUT2D eigenvalue weighted by Gasteiger charge is 2.22. The second-order valence-corrected chi connectivity index (χ2v) is 9.84. The minimum atomic E-state index is -1.10. The second-order valence-electron chi connectivity index (χ2n) is 9.84. The third-order valence-electron chi connectivity index (χ3n) is 6.12. The number of nitrogens with one attached hydrogen (secondary N) is 2. The van der Waals surface area contributed by atoms with Gasteiger partial charge in [0.2, 0.25) is 5.82 Å². The Balaban J connectivity index is 1.42. The lowest BCUT2D eigenvalue weighted by Gasteiger charge is -2.19. The molecule has 0 saturated heterocycles. The van der Waals surface area contributed by atoms with Crippen molar-refractivity contribution in [3.05, 3.63) is 89.5 Å². The third-order valence-corrected chi connectivity index (χ3v) is 6.12. The van der Waals surface area contributed by atoms with E-state index in [2.05, 4.69) is 41.5 Å². The van der Waals surface area contributed by atoms with Crippen molar-refractivity contribution < 1.29 is 19.2 Å². The average molecular weight is 499 g/mol. The van der Waals surface area contributed by atoms with Gasteiger partial charge in [-0.2, -0.15) is 4.98 Å². The van der Waals surface area contributed by atoms with Gasteiger partial charge in [-0.1, -0.05) is 62.3 Å². The van der Waals surface area contributed by atoms with Gasteiger partial charge in [-0.3, -0.25) is 4.79 Å². The maximum absolute atomic E-state index is 12.7. The van der Waals surface area contributed by atoms with Crippen LogP contribution in [0.4, 0.5) is 5.69 Å². The molecule has 0 saturated carbocycles. The van der Waals surface area contributed by atoms with E-state index < -0.39 is 17.9 Å². The molecule has 0 aliphatic rings. The molecule has 8 heteroatoms. The number of hydrogen-bond acceptors (Lipinski definition) is 6. The lowest BCUT2D eigenvalue weighted by molar-refractivity contribution is -0.139. The summed E-state index contributed by atoms with van der Waals surface area (Å²) in [7, 11) is 1.85. The first kappa shape index (κ1) is 25.6. The number of benzene rings is 3. The van der Waals surface area contributed by atoms with E-state index in [1.54, 1.807) is 36.4 Å². The number of aromatic nitrogens is 2. The van der Waals surface area contributed by atoms with Gasteiger partial charge in [-0.15, -0.1) is 0 Å². The van der Waals surface area contributed by atoms with E-state index in [4.69, 9.17) is 4.52 Å². The summed E-state index contributed by atoms with van der Waals surface area (Å²) in [6.45, 7) is 6.28. The van der Waals surface area contributed by atoms with Gasteiger partial charge in [0.25, 0.3) is 11.8 Å². The topological polar surface area (TPSA) is 117 Å². The van der Waals surface area contributed by atoms with Crippen molar-refractivity contribution in [3.8, 4) is 22.8 Å². The first-order chi connectivity index (χ1) is 17.6. The zero-order valence-corrected chi connectivity index (χ0v) is 21.3. The zero-order chi connectivity index (χ0) is 26.6. The second kappa shape index (κ2) is 10.7. The van der Waals surface area contributed by atoms with Crippen LogP contribution in [0.2, 0.25) is 0 Å². The summed E-state index contributed by atoms with van der Waals surface area (Å²) >= 11 is 0. The molecule has 1 heterocycles. The third kappa shape index (κ3) is 6.22. The minimum absolute atomic E-state index is 0.0359. The maximum atomic E-state index is 12.7. The van der Waals surface area contributed by atoms with Crippen LogP contribution in [0, 0.1) is 0 Å². The van der Waals surface area contributed by atoms with Gasteiger partial charge in [0.05, 0.1) is 0 Å². The molecule has 0 aliphatic heterocycles. The van der Waals surface area contributed by atoms with Gasteiger partial charge < -0.3 is 20.3 Å². The minimum Gasteiger partial charge on any atom is -0.480 e. The number of hydrogen-bond donors (Lipinski definition) is 3. The number of anilines is 1. The van der Waals surface area contributed by atoms with Crippen LogP contribution < -0.4 is 10.6 Å². The summed E-state index contributed by atoms with van der Waals surface area (Å²) in [5.74, 6) is -0.686. The van der Waals surface area contributed by atoms with Crippen LogP contribution in [0.15, 0.2) is 77.3 Å². The molecule has 37 heavy (non-hydrogen) atoms. The molecule has 1 amide bonds. The van der Waals surface area contributed by atoms with Crippen LogP contribution >= 0.6 is 0 Å². The Labute approximate surface area is 215 Å². The van der Waals surface area contributed by atoms with Crippen LogP contribution in [0.3, 0.4) is 0 Å². The number of amides is 1. The SMILES string of the molecule is CNc1ccc(-c2nc(-c3ccc(CC(NC(=O)c4ccc(C(C)(C)C)cc4)C(=O)O)cc3)no2)cc1. The van der Waals surface area contributed by atoms with Crippen molar-refractivity contribution in [1.82, 2.24) is 15.5 Å². The summed E-state index contributed by atoms with van der Waals surface area (Å²) in [6.07, 6.45) is 0.136. The van der Waals surface area contributed by atoms with Gasteiger partial charge >= 0.3 is 5.97 Å². The first-order valence-corrected chi connectivity index (χ1v) is 12.0. The van der Waals surface area contributed by atoms with Crippen molar-refractivity contribution in [3.63, 3.8) is 0 Å². The molecule has 4 aromatic rings. The fourth-order valence-electron chi connectivity index (χ4n) is 3.83. The Bertz CT molecular complexity index is 1370. The molecular weight excluding hydrogens is 468 g/mol. The van der Waals surface area contributed by atoms with E-state index in [1.165, 1.54) is 0 Å². The first-order valence-electron chi connectivity index (χ1n) is 12.0. The van der Waals surface area contributed by atoms with Crippen LogP contribution in [-0.2, 0) is 16.6 Å². The van der Waals surface area contributed by atoms with Crippen molar-refractivity contribution in [2.75, 3.05) is 12.4 Å². The molecule has 0 spiro atoms. The maximum Gasteiger partial charge on any atom is 0.326 e. The molecular formula is C29H30N4O4. The predicted molar refractivity (Wildman–Crippen MR) is 142 cm³/mol. The Morgan fingerprint density at radius 1 is 0.919 bits per heavy atom. The van der Waals surface area contributed by atoms with Crippen LogP contribution in [0.1, 0.15) is 42.3 Å². The Hall–Kier alpha value is -4.46. The summed E-state index contributed by atoms with van der Waals surface area (Å²) in [4.78, 5) is 29.0. The molecule has 0 fully saturated rings. The van der Waals surface area contributed by atoms with E-state index >= 15 is 0 Å². The van der Waals surface area contributed by atoms with Crippen LogP contribution in [0.25, 0.3) is 22.8 Å². The fraction of sp³-hybridized carbons (Fsp3) is 0.241. The largest absolute Gasteiger partial charge is 0.480 e. The number of carbonyl (C=O) groups excluding carboxylic acids is 1. The van der Waals surface area contributed by atoms with Gasteiger partial charge in [0.15, 0.2) is 0 Å². The van der Waals surface area contributed by atoms with E-state index in [0.29, 0.717) is 17.3 Å². The summed E-state index contributed by atoms with van der Waals surface area (Å²) in [5.41, 5.74) is 4.76. The standard InChI is InChI=1S/C29H30N4O4/c1-29(2,3)22-13-9-20(10-14-22)26(34)31-24(28(35)36)17-18-5-7-19(8-6-18)25-32-27(37-33-25)21-11-15-23(30-4)16-12-21/h5-16,24,30H,17H2,1-4H3,(H,31,34)(H,35,36). The Morgan fingerprint density at radius 3 is 2.11 bits per heavy atom. The fourth-order valence-corrected chi connectivity index (χ4v) is 3.83. The predicted octanol–water partition coefficient (Wildman–Crippen LogP) is 5.17. The Morgan fingerprint density at radius 2 is 1.54 bits per heavy atom. The van der Waals surface area contributed by atoms with E-state index in [-0.39, 0.29) is 11.8 Å². The Kier molecular flexibility index (Phi) is 7.38. The molecule has 0 radical (unpaired) electrons. The van der Waals surface area contributed by atoms with Crippen molar-refractivity contribution >= 4 is 17.6 Å². The molecule has 1 unspecified atom stereocenters. The molecule has 3 N–H and O–H groups in total. The lowest BCUT2D eigenvalue weighted by Crippen LogP contribution is -2.42. The molecule has 3 aromatic carbocycles. The van der Waals surface area contributed by atoms with Gasteiger partial charge in [-0.25, -0.2) is 4.79 Å². The normalized spacial score (nSPS) is 12.1. The van der Waals surface area contributed by atoms with E-state index in [0.717, 1.165) is 27.9 Å². The zero-order valence-electron chi connectivity index (χ0n) is 21.3. The van der Waals surface area contributed by atoms with Gasteiger partial charge in [-0.05, 0) is 52.9 Å². The highest BCUT2D eigenvalue weighted by molar-refractivity contribution is 5.96. The monoisotopic (exact) mass is 498 g/mol. The van der Waals surface area contributed by atoms with Gasteiger partial charge in [0.1, 0.15) is 6.04 Å². The molecule has 0 bridgehead atoms. The average Bonchev–Trinajstić information content (AvgIpc) is 3.38. The highest BCUT2D eigenvalue weighted by atomic mass is 16.5. The van der Waals surface area contributed by atoms with Gasteiger partial charge in [0, 0.05) is 35.8 Å². The number of aliphatic carboxylic acids is 1. The van der Waals surface area contributed by atoms with Crippen molar-refractivity contribution in [2.24, 2.45) is 0 Å². The molecule has 0 aliphatic carbocycles. The molecule has 1 atom stereocenters. The summed E-state index contributed by atoms with van der Waals surface area (Å²) < 4.78 is 5.41. The van der Waals surface area contributed by atoms with Crippen LogP contribution in [-0.4, -0.2) is 40.2 Å². The van der Waals surface area contributed by atoms with Crippen LogP contribution in [0.5, 0.6) is 0 Å². The molecule has 1 aromatic heterocycles. The molecule has 8 nitrogen and oxygen atoms in total. The van der Waals surface area contributed by atoms with E-state index in [1.807, 2.05) is 43.4 Å². The number of carbonyl (C=O) groups is 2. The molecule has 190 valence electrons. The quantitative estimate of drug-likeness (QED) is 0.307. The summed E-state index contributed by atoms with van der Waals surface area (Å²) in [6, 6.07) is 21.0. The number of rotatable bonds is 8. The number of nitrogens with zero attached hydrogens (tertiary/aromatic N) is 2. The van der Waals surface area contributed by atoms with Crippen molar-refractivity contribution in [2.45, 2.75) is 38.6 Å². The number of carboxylic acid groups (broad SMARTS) is 1. The lowest BCUT2D eigenvalue weighted by atomic mass is 9.86. The summed E-state index contributed by atoms with van der Waals surface area (Å²) in [5, 5.41) is 19.5.